The van der Waals surface area contributed by atoms with Crippen LogP contribution in [-0.2, 0) is 17.7 Å². The molecule has 4 heterocycles. The molecule has 0 atom stereocenters. The molecule has 0 saturated carbocycles. The van der Waals surface area contributed by atoms with Crippen LogP contribution in [-0.4, -0.2) is 62.6 Å². The van der Waals surface area contributed by atoms with Crippen LogP contribution in [0.2, 0.25) is 0 Å². The van der Waals surface area contributed by atoms with Gasteiger partial charge in [-0.25, -0.2) is 9.78 Å². The molecule has 0 aliphatic carbocycles. The van der Waals surface area contributed by atoms with Crippen molar-refractivity contribution in [3.8, 4) is 0 Å². The zero-order valence-electron chi connectivity index (χ0n) is 19.4. The molecule has 180 valence electrons. The molecular weight excluding hydrogens is 434 g/mol. The number of amides is 2. The van der Waals surface area contributed by atoms with Gasteiger partial charge in [-0.1, -0.05) is 6.07 Å². The van der Waals surface area contributed by atoms with Gasteiger partial charge in [0.1, 0.15) is 23.0 Å². The number of piperidine rings is 1. The van der Waals surface area contributed by atoms with Gasteiger partial charge in [0.25, 0.3) is 5.91 Å². The molecular formula is C24H31N7O3. The number of carbonyl (C=O) groups excluding carboxylic acids is 2. The van der Waals surface area contributed by atoms with Gasteiger partial charge in [-0.05, 0) is 62.4 Å². The van der Waals surface area contributed by atoms with Gasteiger partial charge in [0.05, 0.1) is 6.10 Å². The summed E-state index contributed by atoms with van der Waals surface area (Å²) in [4.78, 5) is 37.1. The topological polar surface area (TPSA) is 135 Å². The largest absolute Gasteiger partial charge is 0.447 e. The fourth-order valence-electron chi connectivity index (χ4n) is 4.03. The number of aromatic nitrogens is 2. The van der Waals surface area contributed by atoms with E-state index in [4.69, 9.17) is 15.6 Å². The summed E-state index contributed by atoms with van der Waals surface area (Å²) in [7, 11) is 0. The predicted octanol–water partition coefficient (Wildman–Crippen LogP) is 3.67. The first-order valence-electron chi connectivity index (χ1n) is 11.5. The molecule has 4 rings (SSSR count). The summed E-state index contributed by atoms with van der Waals surface area (Å²) in [5.74, 6) is 0.446. The first-order chi connectivity index (χ1) is 16.3. The number of fused-ring (bicyclic) bond motifs is 1. The Bertz CT molecular complexity index is 1140. The number of nitrogens with zero attached hydrogens (tertiary/aromatic N) is 4. The van der Waals surface area contributed by atoms with Crippen molar-refractivity contribution < 1.29 is 15.8 Å². The Morgan fingerprint density at radius 2 is 1.97 bits per heavy atom. The van der Waals surface area contributed by atoms with Crippen LogP contribution in [0.3, 0.4) is 0 Å². The minimum Gasteiger partial charge on any atom is -0.447 e. The number of pyridine rings is 2. The van der Waals surface area contributed by atoms with Crippen LogP contribution in [0.5, 0.6) is 0 Å². The van der Waals surface area contributed by atoms with E-state index in [1.807, 2.05) is 13.8 Å². The van der Waals surface area contributed by atoms with Crippen molar-refractivity contribution in [2.24, 2.45) is 0 Å². The van der Waals surface area contributed by atoms with Crippen molar-refractivity contribution in [1.82, 2.24) is 19.8 Å². The van der Waals surface area contributed by atoms with E-state index >= 15 is 0 Å². The lowest BCUT2D eigenvalue weighted by Gasteiger charge is -2.29. The molecule has 2 aromatic rings. The third-order valence-corrected chi connectivity index (χ3v) is 5.80. The third-order valence-electron chi connectivity index (χ3n) is 5.80. The molecule has 1 fully saturated rings. The van der Waals surface area contributed by atoms with Crippen molar-refractivity contribution >= 4 is 29.5 Å². The summed E-state index contributed by atoms with van der Waals surface area (Å²) in [5, 5.41) is 19.3. The van der Waals surface area contributed by atoms with Gasteiger partial charge >= 0.3 is 6.09 Å². The van der Waals surface area contributed by atoms with Crippen molar-refractivity contribution in [2.45, 2.75) is 52.2 Å². The van der Waals surface area contributed by atoms with Crippen molar-refractivity contribution in [3.63, 3.8) is 0 Å². The molecule has 0 spiro atoms. The Morgan fingerprint density at radius 1 is 1.15 bits per heavy atom. The van der Waals surface area contributed by atoms with Crippen LogP contribution in [0.25, 0.3) is 0 Å². The molecule has 2 amide bonds. The first kappa shape index (κ1) is 23.3. The highest BCUT2D eigenvalue weighted by Gasteiger charge is 2.24. The van der Waals surface area contributed by atoms with Gasteiger partial charge in [0.15, 0.2) is 5.84 Å². The summed E-state index contributed by atoms with van der Waals surface area (Å²) in [6, 6.07) is 6.76. The molecule has 10 nitrogen and oxygen atoms in total. The molecule has 34 heavy (non-hydrogen) atoms. The van der Waals surface area contributed by atoms with E-state index < -0.39 is 5.91 Å². The predicted molar refractivity (Wildman–Crippen MR) is 129 cm³/mol. The molecule has 10 heteroatoms. The standard InChI is InChI=1S/C24H29N7O3.H2/c1-15(2)34-24(33)30-11-9-16-13-27-19(12-17(16)14-30)23(32)29-21-8-5-6-18(28-21)22(26)31-10-4-3-7-20(31)25;/h5-6,8,12-13,15,25-26H,3-4,7,9-11,14H2,1-2H3,(H,28,29,32);1H. The number of anilines is 1. The molecule has 0 unspecified atom stereocenters. The Morgan fingerprint density at radius 3 is 2.74 bits per heavy atom. The summed E-state index contributed by atoms with van der Waals surface area (Å²) in [6.07, 6.45) is 4.29. The van der Waals surface area contributed by atoms with Gasteiger partial charge in [-0.3, -0.25) is 20.6 Å². The van der Waals surface area contributed by atoms with Crippen LogP contribution in [0.15, 0.2) is 30.5 Å². The summed E-state index contributed by atoms with van der Waals surface area (Å²) in [6.45, 7) is 5.14. The Kier molecular flexibility index (Phi) is 6.85. The number of amidine groups is 2. The number of rotatable bonds is 4. The zero-order valence-corrected chi connectivity index (χ0v) is 19.4. The summed E-state index contributed by atoms with van der Waals surface area (Å²) >= 11 is 0. The molecule has 2 aliphatic rings. The number of carbonyl (C=O) groups is 2. The molecule has 2 aliphatic heterocycles. The van der Waals surface area contributed by atoms with Gasteiger partial charge in [-0.2, -0.15) is 0 Å². The van der Waals surface area contributed by atoms with Crippen molar-refractivity contribution in [3.05, 3.63) is 53.0 Å². The van der Waals surface area contributed by atoms with Gasteiger partial charge in [0, 0.05) is 33.7 Å². The first-order valence-corrected chi connectivity index (χ1v) is 11.5. The zero-order chi connectivity index (χ0) is 24.2. The van der Waals surface area contributed by atoms with Crippen LogP contribution >= 0.6 is 0 Å². The highest BCUT2D eigenvalue weighted by molar-refractivity contribution is 6.07. The van der Waals surface area contributed by atoms with E-state index in [9.17, 15) is 9.59 Å². The molecule has 0 aromatic carbocycles. The van der Waals surface area contributed by atoms with Gasteiger partial charge in [-0.15, -0.1) is 0 Å². The summed E-state index contributed by atoms with van der Waals surface area (Å²) in [5.41, 5.74) is 2.47. The van der Waals surface area contributed by atoms with Gasteiger partial charge in [0.2, 0.25) is 0 Å². The Balaban J connectivity index is 0.00000342. The van der Waals surface area contributed by atoms with E-state index in [0.717, 1.165) is 24.0 Å². The molecule has 0 radical (unpaired) electrons. The molecule has 3 N–H and O–H groups in total. The minimum absolute atomic E-state index is 0. The maximum absolute atomic E-state index is 12.9. The number of likely N-dealkylation sites (tertiary alicyclic amines) is 1. The molecule has 2 aromatic heterocycles. The van der Waals surface area contributed by atoms with Crippen molar-refractivity contribution in [2.75, 3.05) is 18.4 Å². The highest BCUT2D eigenvalue weighted by atomic mass is 16.6. The minimum atomic E-state index is -0.424. The lowest BCUT2D eigenvalue weighted by atomic mass is 10.0. The van der Waals surface area contributed by atoms with E-state index in [0.29, 0.717) is 49.8 Å². The van der Waals surface area contributed by atoms with Crippen molar-refractivity contribution in [1.29, 1.82) is 10.8 Å². The average molecular weight is 466 g/mol. The molecule has 1 saturated heterocycles. The van der Waals surface area contributed by atoms with Crippen LogP contribution in [0, 0.1) is 10.8 Å². The number of hydrogen-bond acceptors (Lipinski definition) is 7. The Hall–Kier alpha value is -3.82. The Labute approximate surface area is 199 Å². The van der Waals surface area contributed by atoms with E-state index in [-0.39, 0.29) is 25.2 Å². The highest BCUT2D eigenvalue weighted by Crippen LogP contribution is 2.21. The molecule has 0 bridgehead atoms. The lowest BCUT2D eigenvalue weighted by molar-refractivity contribution is 0.0729. The number of hydrogen-bond donors (Lipinski definition) is 3. The second-order valence-electron chi connectivity index (χ2n) is 8.71. The second kappa shape index (κ2) is 9.98. The van der Waals surface area contributed by atoms with Crippen LogP contribution in [0.1, 0.15) is 61.8 Å². The number of ether oxygens (including phenoxy) is 1. The fraction of sp³-hybridized carbons (Fsp3) is 0.417. The lowest BCUT2D eigenvalue weighted by Crippen LogP contribution is -2.40. The smallest absolute Gasteiger partial charge is 0.410 e. The second-order valence-corrected chi connectivity index (χ2v) is 8.71. The third kappa shape index (κ3) is 5.22. The summed E-state index contributed by atoms with van der Waals surface area (Å²) < 4.78 is 5.29. The van der Waals surface area contributed by atoms with E-state index in [2.05, 4.69) is 15.3 Å². The van der Waals surface area contributed by atoms with Crippen LogP contribution in [0.4, 0.5) is 10.6 Å². The quantitative estimate of drug-likeness (QED) is 0.466. The average Bonchev–Trinajstić information content (AvgIpc) is 2.83. The monoisotopic (exact) mass is 465 g/mol. The number of nitrogens with one attached hydrogen (secondary N) is 3. The normalized spacial score (nSPS) is 15.7. The van der Waals surface area contributed by atoms with Gasteiger partial charge < -0.3 is 19.9 Å². The van der Waals surface area contributed by atoms with E-state index in [1.165, 1.54) is 0 Å². The maximum atomic E-state index is 12.9. The van der Waals surface area contributed by atoms with Crippen LogP contribution < -0.4 is 5.32 Å². The fourth-order valence-corrected chi connectivity index (χ4v) is 4.03. The SMILES string of the molecule is CC(C)OC(=O)N1CCc2cnc(C(=O)Nc3cccc(C(=N)N4CCCCC4=N)n3)cc2C1.[HH]. The maximum Gasteiger partial charge on any atom is 0.410 e. The van der Waals surface area contributed by atoms with E-state index in [1.54, 1.807) is 40.3 Å².